The Hall–Kier alpha value is -2.12. The minimum Gasteiger partial charge on any atom is -0.477 e. The number of nitrogens with zero attached hydrogens (tertiary/aromatic N) is 1. The SMILES string of the molecule is CCCCCCCCCCCCCCCC(=O)OCOc1ccc2c3c1O[C@H]1C(=O)CC[C@@]4(O)C(C2)N(CC2CC2)CC[C@]314. The van der Waals surface area contributed by atoms with E-state index in [9.17, 15) is 14.7 Å². The van der Waals surface area contributed by atoms with Gasteiger partial charge in [-0.05, 0) is 62.6 Å². The summed E-state index contributed by atoms with van der Waals surface area (Å²) in [5, 5.41) is 12.4. The van der Waals surface area contributed by atoms with Crippen molar-refractivity contribution < 1.29 is 28.9 Å². The first kappa shape index (κ1) is 31.8. The van der Waals surface area contributed by atoms with E-state index >= 15 is 0 Å². The second-order valence-corrected chi connectivity index (χ2v) is 14.5. The van der Waals surface area contributed by atoms with Crippen molar-refractivity contribution >= 4 is 11.8 Å². The number of Topliss-reactive ketones (excluding diaryl/α,β-unsaturated/α-hetero) is 1. The number of likely N-dealkylation sites (tertiary alicyclic amines) is 1. The van der Waals surface area contributed by atoms with Crippen LogP contribution in [0, 0.1) is 5.92 Å². The fraction of sp³-hybridized carbons (Fsp3) is 0.784. The number of ketones is 1. The zero-order valence-corrected chi connectivity index (χ0v) is 27.1. The van der Waals surface area contributed by atoms with Gasteiger partial charge in [0.15, 0.2) is 23.4 Å². The summed E-state index contributed by atoms with van der Waals surface area (Å²) in [6.45, 7) is 3.99. The fourth-order valence-electron chi connectivity index (χ4n) is 8.88. The van der Waals surface area contributed by atoms with Crippen molar-refractivity contribution in [1.82, 2.24) is 4.90 Å². The van der Waals surface area contributed by atoms with Crippen LogP contribution in [0.1, 0.15) is 140 Å². The molecule has 4 atom stereocenters. The summed E-state index contributed by atoms with van der Waals surface area (Å²) in [7, 11) is 0. The monoisotopic (exact) mass is 609 g/mol. The van der Waals surface area contributed by atoms with Gasteiger partial charge in [-0.3, -0.25) is 14.5 Å². The number of piperidine rings is 1. The van der Waals surface area contributed by atoms with Gasteiger partial charge in [-0.1, -0.05) is 90.0 Å². The number of hydrogen-bond acceptors (Lipinski definition) is 7. The van der Waals surface area contributed by atoms with Crippen LogP contribution in [0.25, 0.3) is 0 Å². The van der Waals surface area contributed by atoms with Gasteiger partial charge in [-0.25, -0.2) is 0 Å². The van der Waals surface area contributed by atoms with Crippen molar-refractivity contribution in [3.8, 4) is 11.5 Å². The molecule has 1 aromatic rings. The summed E-state index contributed by atoms with van der Waals surface area (Å²) >= 11 is 0. The van der Waals surface area contributed by atoms with Crippen molar-refractivity contribution in [2.45, 2.75) is 159 Å². The molecule has 1 saturated heterocycles. The predicted octanol–water partition coefficient (Wildman–Crippen LogP) is 7.18. The minimum atomic E-state index is -0.990. The summed E-state index contributed by atoms with van der Waals surface area (Å²) in [6.07, 6.45) is 21.1. The molecular formula is C37H55NO6. The normalized spacial score (nSPS) is 28.5. The summed E-state index contributed by atoms with van der Waals surface area (Å²) in [4.78, 5) is 28.2. The number of rotatable bonds is 19. The Balaban J connectivity index is 0.955. The molecule has 244 valence electrons. The van der Waals surface area contributed by atoms with Crippen molar-refractivity contribution in [3.05, 3.63) is 23.3 Å². The molecule has 0 radical (unpaired) electrons. The Morgan fingerprint density at radius 2 is 1.66 bits per heavy atom. The van der Waals surface area contributed by atoms with Crippen LogP contribution < -0.4 is 9.47 Å². The number of hydrogen-bond donors (Lipinski definition) is 1. The molecule has 6 rings (SSSR count). The summed E-state index contributed by atoms with van der Waals surface area (Å²) in [6, 6.07) is 3.97. The number of aliphatic hydroxyl groups is 1. The third-order valence-electron chi connectivity index (χ3n) is 11.5. The Morgan fingerprint density at radius 1 is 0.977 bits per heavy atom. The summed E-state index contributed by atoms with van der Waals surface area (Å²) < 4.78 is 17.8. The van der Waals surface area contributed by atoms with Gasteiger partial charge >= 0.3 is 5.97 Å². The number of esters is 1. The minimum absolute atomic E-state index is 0.00679. The first-order valence-corrected chi connectivity index (χ1v) is 18.1. The maximum Gasteiger partial charge on any atom is 0.308 e. The van der Waals surface area contributed by atoms with Crippen LogP contribution >= 0.6 is 0 Å². The second-order valence-electron chi connectivity index (χ2n) is 14.5. The molecule has 7 heteroatoms. The average Bonchev–Trinajstić information content (AvgIpc) is 3.76. The lowest BCUT2D eigenvalue weighted by atomic mass is 9.49. The van der Waals surface area contributed by atoms with Crippen LogP contribution in [0.2, 0.25) is 0 Å². The van der Waals surface area contributed by atoms with Gasteiger partial charge < -0.3 is 19.3 Å². The predicted molar refractivity (Wildman–Crippen MR) is 170 cm³/mol. The van der Waals surface area contributed by atoms with E-state index in [4.69, 9.17) is 14.2 Å². The van der Waals surface area contributed by atoms with E-state index in [1.54, 1.807) is 0 Å². The van der Waals surface area contributed by atoms with E-state index < -0.39 is 17.1 Å². The van der Waals surface area contributed by atoms with E-state index in [2.05, 4.69) is 17.9 Å². The quantitative estimate of drug-likeness (QED) is 0.101. The molecule has 3 fully saturated rings. The van der Waals surface area contributed by atoms with E-state index in [0.29, 0.717) is 37.2 Å². The number of carbonyl (C=O) groups is 2. The summed E-state index contributed by atoms with van der Waals surface area (Å²) in [5.41, 5.74) is 0.409. The van der Waals surface area contributed by atoms with Gasteiger partial charge in [-0.15, -0.1) is 0 Å². The van der Waals surface area contributed by atoms with Crippen molar-refractivity contribution in [3.63, 3.8) is 0 Å². The molecule has 44 heavy (non-hydrogen) atoms. The van der Waals surface area contributed by atoms with Gasteiger partial charge in [0.25, 0.3) is 0 Å². The number of carbonyl (C=O) groups excluding carboxylic acids is 2. The van der Waals surface area contributed by atoms with Gasteiger partial charge in [0.2, 0.25) is 6.79 Å². The van der Waals surface area contributed by atoms with E-state index in [1.807, 2.05) is 6.07 Å². The smallest absolute Gasteiger partial charge is 0.308 e. The van der Waals surface area contributed by atoms with Crippen LogP contribution in [-0.2, 0) is 26.2 Å². The topological polar surface area (TPSA) is 85.3 Å². The van der Waals surface area contributed by atoms with Crippen LogP contribution in [0.3, 0.4) is 0 Å². The Morgan fingerprint density at radius 3 is 2.34 bits per heavy atom. The molecule has 3 aliphatic carbocycles. The highest BCUT2D eigenvalue weighted by Gasteiger charge is 2.73. The van der Waals surface area contributed by atoms with Gasteiger partial charge in [0, 0.05) is 31.0 Å². The molecule has 2 aliphatic heterocycles. The number of ether oxygens (including phenoxy) is 3. The van der Waals surface area contributed by atoms with E-state index in [0.717, 1.165) is 49.4 Å². The van der Waals surface area contributed by atoms with Crippen LogP contribution in [0.5, 0.6) is 11.5 Å². The highest BCUT2D eigenvalue weighted by atomic mass is 16.7. The van der Waals surface area contributed by atoms with Gasteiger partial charge in [0.05, 0.1) is 11.0 Å². The van der Waals surface area contributed by atoms with Crippen LogP contribution in [0.15, 0.2) is 12.1 Å². The average molecular weight is 610 g/mol. The third-order valence-corrected chi connectivity index (χ3v) is 11.5. The maximum absolute atomic E-state index is 13.3. The molecule has 2 bridgehead atoms. The van der Waals surface area contributed by atoms with E-state index in [-0.39, 0.29) is 24.6 Å². The Kier molecular flexibility index (Phi) is 10.2. The molecule has 7 nitrogen and oxygen atoms in total. The lowest BCUT2D eigenvalue weighted by Gasteiger charge is -2.62. The number of benzene rings is 1. The second kappa shape index (κ2) is 14.1. The largest absolute Gasteiger partial charge is 0.477 e. The highest BCUT2D eigenvalue weighted by molar-refractivity contribution is 5.90. The molecular weight excluding hydrogens is 554 g/mol. The van der Waals surface area contributed by atoms with Crippen LogP contribution in [0.4, 0.5) is 0 Å². The van der Waals surface area contributed by atoms with Gasteiger partial charge in [-0.2, -0.15) is 0 Å². The molecule has 0 amide bonds. The molecule has 1 unspecified atom stereocenters. The first-order valence-electron chi connectivity index (χ1n) is 18.1. The van der Waals surface area contributed by atoms with E-state index in [1.165, 1.54) is 83.5 Å². The molecule has 5 aliphatic rings. The molecule has 2 saturated carbocycles. The zero-order valence-electron chi connectivity index (χ0n) is 27.1. The third kappa shape index (κ3) is 6.29. The highest BCUT2D eigenvalue weighted by Crippen LogP contribution is 2.65. The number of unbranched alkanes of at least 4 members (excludes halogenated alkanes) is 12. The molecule has 2 heterocycles. The Labute approximate surface area is 264 Å². The lowest BCUT2D eigenvalue weighted by molar-refractivity contribution is -0.188. The Bertz CT molecular complexity index is 1160. The standard InChI is InChI=1S/C37H55NO6/c1-2-3-4-5-6-7-8-9-10-11-12-13-14-15-32(40)43-26-42-30-19-18-28-24-31-37(41)21-20-29(39)35-36(37,33(28)34(30)44-35)22-23-38(31)25-27-16-17-27/h18-19,27,31,35,41H,2-17,20-26H2,1H3/t31?,35-,36-,37+/m0/s1. The lowest BCUT2D eigenvalue weighted by Crippen LogP contribution is -2.76. The molecule has 1 N–H and O–H groups in total. The molecule has 1 spiro atoms. The molecule has 1 aromatic carbocycles. The summed E-state index contributed by atoms with van der Waals surface area (Å²) in [5.74, 6) is 1.64. The van der Waals surface area contributed by atoms with Gasteiger partial charge in [0.1, 0.15) is 0 Å². The first-order chi connectivity index (χ1) is 21.5. The van der Waals surface area contributed by atoms with Crippen molar-refractivity contribution in [1.29, 1.82) is 0 Å². The fourth-order valence-corrected chi connectivity index (χ4v) is 8.88. The van der Waals surface area contributed by atoms with Crippen LogP contribution in [-0.4, -0.2) is 59.4 Å². The zero-order chi connectivity index (χ0) is 30.6. The van der Waals surface area contributed by atoms with Crippen molar-refractivity contribution in [2.24, 2.45) is 5.92 Å². The maximum atomic E-state index is 13.3. The van der Waals surface area contributed by atoms with Crippen molar-refractivity contribution in [2.75, 3.05) is 19.9 Å². The molecule has 0 aromatic heterocycles.